The number of alkyl halides is 3. The molecule has 2 saturated heterocycles. The van der Waals surface area contributed by atoms with E-state index in [0.29, 0.717) is 4.90 Å². The molecule has 5 nitrogen and oxygen atoms in total. The third kappa shape index (κ3) is 2.67. The molecule has 31 heavy (non-hydrogen) atoms. The summed E-state index contributed by atoms with van der Waals surface area (Å²) in [6.07, 6.45) is -1.22. The first-order chi connectivity index (χ1) is 14.7. The summed E-state index contributed by atoms with van der Waals surface area (Å²) in [6.45, 7) is 1.34. The molecule has 3 aliphatic rings. The van der Waals surface area contributed by atoms with E-state index in [1.54, 1.807) is 17.2 Å². The molecular formula is C23H17F3N2O3. The fourth-order valence-corrected chi connectivity index (χ4v) is 5.17. The minimum atomic E-state index is -4.74. The number of para-hydroxylation sites is 1. The second-order valence-electron chi connectivity index (χ2n) is 7.97. The average Bonchev–Trinajstić information content (AvgIpc) is 3.20. The molecule has 0 radical (unpaired) electrons. The van der Waals surface area contributed by atoms with Crippen LogP contribution in [0.15, 0.2) is 54.7 Å². The van der Waals surface area contributed by atoms with Gasteiger partial charge in [0.1, 0.15) is 0 Å². The molecular weight excluding hydrogens is 409 g/mol. The molecule has 0 spiro atoms. The van der Waals surface area contributed by atoms with Crippen LogP contribution in [-0.2, 0) is 20.6 Å². The molecule has 0 aliphatic carbocycles. The largest absolute Gasteiger partial charge is 0.418 e. The standard InChI is InChI=1S/C23H17F3N2O3/c1-12(29)19-17-18(20-14-7-3-2-6-13(14)10-11-27(19)20)22(31)28(21(17)30)16-9-5-4-8-15(16)23(24,25)26/h2-11,17-20H,1H3/t17-,18-,19-,20-/m1/s1. The SMILES string of the molecule is CC(=O)[C@@H]1[C@@H]2C(=O)N(c3ccccc3C(F)(F)F)C(=O)[C@H]2[C@H]2c3ccccc3C=CN12. The maximum Gasteiger partial charge on any atom is 0.418 e. The highest BCUT2D eigenvalue weighted by Crippen LogP contribution is 2.54. The molecule has 2 aromatic carbocycles. The van der Waals surface area contributed by atoms with E-state index in [1.807, 2.05) is 24.3 Å². The molecule has 8 heteroatoms. The number of carbonyl (C=O) groups excluding carboxylic acids is 3. The van der Waals surface area contributed by atoms with Crippen molar-refractivity contribution in [1.29, 1.82) is 0 Å². The number of hydrogen-bond acceptors (Lipinski definition) is 4. The summed E-state index contributed by atoms with van der Waals surface area (Å²) in [4.78, 5) is 41.7. The van der Waals surface area contributed by atoms with Crippen molar-refractivity contribution < 1.29 is 27.6 Å². The molecule has 3 heterocycles. The molecule has 2 amide bonds. The van der Waals surface area contributed by atoms with Gasteiger partial charge in [-0.1, -0.05) is 36.4 Å². The van der Waals surface area contributed by atoms with Gasteiger partial charge in [-0.15, -0.1) is 0 Å². The van der Waals surface area contributed by atoms with Gasteiger partial charge in [0.15, 0.2) is 5.78 Å². The zero-order valence-corrected chi connectivity index (χ0v) is 16.3. The Hall–Kier alpha value is -3.42. The van der Waals surface area contributed by atoms with Gasteiger partial charge < -0.3 is 4.90 Å². The predicted octanol–water partition coefficient (Wildman–Crippen LogP) is 3.81. The molecule has 5 rings (SSSR count). The number of Topliss-reactive ketones (excluding diaryl/α,β-unsaturated/α-hetero) is 1. The fraction of sp³-hybridized carbons (Fsp3) is 0.261. The van der Waals surface area contributed by atoms with Crippen LogP contribution < -0.4 is 4.90 Å². The van der Waals surface area contributed by atoms with Crippen LogP contribution in [0.1, 0.15) is 29.7 Å². The second kappa shape index (κ2) is 6.54. The number of amides is 2. The first-order valence-electron chi connectivity index (χ1n) is 9.81. The molecule has 158 valence electrons. The third-order valence-electron chi connectivity index (χ3n) is 6.33. The van der Waals surface area contributed by atoms with Gasteiger partial charge in [-0.05, 0) is 36.3 Å². The Kier molecular flexibility index (Phi) is 4.12. The Morgan fingerprint density at radius 2 is 1.58 bits per heavy atom. The zero-order chi connectivity index (χ0) is 22.1. The van der Waals surface area contributed by atoms with E-state index in [9.17, 15) is 27.6 Å². The molecule has 4 atom stereocenters. The van der Waals surface area contributed by atoms with Crippen molar-refractivity contribution in [3.05, 3.63) is 71.4 Å². The zero-order valence-electron chi connectivity index (χ0n) is 16.3. The van der Waals surface area contributed by atoms with Gasteiger partial charge in [-0.25, -0.2) is 4.90 Å². The summed E-state index contributed by atoms with van der Waals surface area (Å²) in [5.74, 6) is -3.79. The summed E-state index contributed by atoms with van der Waals surface area (Å²) < 4.78 is 40.8. The summed E-state index contributed by atoms with van der Waals surface area (Å²) in [5.41, 5.74) is 0.0710. The van der Waals surface area contributed by atoms with E-state index in [2.05, 4.69) is 0 Å². The van der Waals surface area contributed by atoms with Crippen molar-refractivity contribution in [3.63, 3.8) is 0 Å². The Balaban J connectivity index is 1.67. The lowest BCUT2D eigenvalue weighted by Crippen LogP contribution is -2.44. The van der Waals surface area contributed by atoms with Gasteiger partial charge in [-0.2, -0.15) is 13.2 Å². The lowest BCUT2D eigenvalue weighted by atomic mass is 9.84. The summed E-state index contributed by atoms with van der Waals surface area (Å²) in [6, 6.07) is 10.3. The number of hydrogen-bond donors (Lipinski definition) is 0. The van der Waals surface area contributed by atoms with Crippen molar-refractivity contribution >= 4 is 29.4 Å². The van der Waals surface area contributed by atoms with E-state index >= 15 is 0 Å². The Morgan fingerprint density at radius 1 is 0.935 bits per heavy atom. The number of fused-ring (bicyclic) bond motifs is 5. The van der Waals surface area contributed by atoms with Gasteiger partial charge in [0.25, 0.3) is 0 Å². The topological polar surface area (TPSA) is 57.7 Å². The monoisotopic (exact) mass is 426 g/mol. The van der Waals surface area contributed by atoms with Gasteiger partial charge in [-0.3, -0.25) is 14.4 Å². The predicted molar refractivity (Wildman–Crippen MR) is 105 cm³/mol. The van der Waals surface area contributed by atoms with Crippen LogP contribution in [0, 0.1) is 11.8 Å². The Morgan fingerprint density at radius 3 is 2.29 bits per heavy atom. The van der Waals surface area contributed by atoms with Crippen molar-refractivity contribution in [2.24, 2.45) is 11.8 Å². The van der Waals surface area contributed by atoms with Crippen molar-refractivity contribution in [2.75, 3.05) is 4.90 Å². The molecule has 2 aromatic rings. The number of halogens is 3. The van der Waals surface area contributed by atoms with Crippen molar-refractivity contribution in [3.8, 4) is 0 Å². The van der Waals surface area contributed by atoms with Crippen LogP contribution in [0.5, 0.6) is 0 Å². The highest BCUT2D eigenvalue weighted by atomic mass is 19.4. The van der Waals surface area contributed by atoms with E-state index in [4.69, 9.17) is 0 Å². The minimum absolute atomic E-state index is 0.311. The Labute approximate surface area is 175 Å². The number of imide groups is 1. The van der Waals surface area contributed by atoms with Gasteiger partial charge in [0.05, 0.1) is 35.2 Å². The Bertz CT molecular complexity index is 1160. The number of ketones is 1. The third-order valence-corrected chi connectivity index (χ3v) is 6.33. The lowest BCUT2D eigenvalue weighted by Gasteiger charge is -2.35. The van der Waals surface area contributed by atoms with Crippen LogP contribution in [0.2, 0.25) is 0 Å². The quantitative estimate of drug-likeness (QED) is 0.686. The highest BCUT2D eigenvalue weighted by molar-refractivity contribution is 6.24. The smallest absolute Gasteiger partial charge is 0.359 e. The number of benzene rings is 2. The van der Waals surface area contributed by atoms with Crippen LogP contribution in [0.3, 0.4) is 0 Å². The van der Waals surface area contributed by atoms with Gasteiger partial charge in [0, 0.05) is 6.20 Å². The maximum absolute atomic E-state index is 13.6. The molecule has 0 unspecified atom stereocenters. The number of anilines is 1. The first-order valence-corrected chi connectivity index (χ1v) is 9.81. The summed E-state index contributed by atoms with van der Waals surface area (Å²) in [7, 11) is 0. The van der Waals surface area contributed by atoms with Crippen molar-refractivity contribution in [1.82, 2.24) is 4.90 Å². The summed E-state index contributed by atoms with van der Waals surface area (Å²) in [5, 5.41) is 0. The normalized spacial score (nSPS) is 26.7. The number of rotatable bonds is 2. The van der Waals surface area contributed by atoms with E-state index < -0.39 is 53.2 Å². The molecule has 2 fully saturated rings. The molecule has 0 saturated carbocycles. The summed E-state index contributed by atoms with van der Waals surface area (Å²) >= 11 is 0. The van der Waals surface area contributed by atoms with Crippen LogP contribution in [-0.4, -0.2) is 28.5 Å². The highest BCUT2D eigenvalue weighted by Gasteiger charge is 2.64. The molecule has 0 bridgehead atoms. The molecule has 3 aliphatic heterocycles. The van der Waals surface area contributed by atoms with Crippen LogP contribution in [0.4, 0.5) is 18.9 Å². The lowest BCUT2D eigenvalue weighted by molar-refractivity contribution is -0.137. The van der Waals surface area contributed by atoms with Crippen LogP contribution in [0.25, 0.3) is 6.08 Å². The second-order valence-corrected chi connectivity index (χ2v) is 7.97. The van der Waals surface area contributed by atoms with E-state index in [1.165, 1.54) is 19.1 Å². The molecule has 0 N–H and O–H groups in total. The number of carbonyl (C=O) groups is 3. The fourth-order valence-electron chi connectivity index (χ4n) is 5.17. The van der Waals surface area contributed by atoms with E-state index in [0.717, 1.165) is 23.3 Å². The van der Waals surface area contributed by atoms with Crippen molar-refractivity contribution in [2.45, 2.75) is 25.2 Å². The van der Waals surface area contributed by atoms with Gasteiger partial charge >= 0.3 is 6.18 Å². The first kappa shape index (κ1) is 19.5. The van der Waals surface area contributed by atoms with Gasteiger partial charge in [0.2, 0.25) is 11.8 Å². The maximum atomic E-state index is 13.6. The minimum Gasteiger partial charge on any atom is -0.359 e. The van der Waals surface area contributed by atoms with Crippen LogP contribution >= 0.6 is 0 Å². The van der Waals surface area contributed by atoms with E-state index in [-0.39, 0.29) is 5.78 Å². The number of nitrogens with zero attached hydrogens (tertiary/aromatic N) is 2. The molecule has 0 aromatic heterocycles. The average molecular weight is 426 g/mol.